The Morgan fingerprint density at radius 3 is 1.69 bits per heavy atom. The Morgan fingerprint density at radius 2 is 1.44 bits per heavy atom. The first kappa shape index (κ1) is 12.9. The fourth-order valence-electron chi connectivity index (χ4n) is 2.13. The molecule has 0 radical (unpaired) electrons. The summed E-state index contributed by atoms with van der Waals surface area (Å²) in [6, 6.07) is 0. The van der Waals surface area contributed by atoms with E-state index < -0.39 is 5.54 Å². The van der Waals surface area contributed by atoms with Gasteiger partial charge in [0.15, 0.2) is 0 Å². The number of hydrogen-bond acceptors (Lipinski definition) is 3. The zero-order chi connectivity index (χ0) is 12.5. The van der Waals surface area contributed by atoms with Gasteiger partial charge in [-0.05, 0) is 26.7 Å². The summed E-state index contributed by atoms with van der Waals surface area (Å²) in [7, 11) is 0. The second kappa shape index (κ2) is 4.37. The molecular formula is C12H20N2O2. The highest BCUT2D eigenvalue weighted by Gasteiger charge is 2.45. The lowest BCUT2D eigenvalue weighted by atomic mass is 9.90. The van der Waals surface area contributed by atoms with Crippen LogP contribution in [0.15, 0.2) is 11.1 Å². The molecule has 16 heavy (non-hydrogen) atoms. The Bertz CT molecular complexity index is 322. The van der Waals surface area contributed by atoms with Gasteiger partial charge < -0.3 is 5.73 Å². The highest BCUT2D eigenvalue weighted by atomic mass is 16.2. The Hall–Kier alpha value is -1.16. The number of amides is 2. The van der Waals surface area contributed by atoms with Gasteiger partial charge in [0.25, 0.3) is 11.8 Å². The van der Waals surface area contributed by atoms with Gasteiger partial charge >= 0.3 is 0 Å². The van der Waals surface area contributed by atoms with Crippen molar-refractivity contribution in [2.24, 2.45) is 5.73 Å². The van der Waals surface area contributed by atoms with Gasteiger partial charge in [0.05, 0.1) is 5.54 Å². The van der Waals surface area contributed by atoms with Crippen molar-refractivity contribution in [3.8, 4) is 0 Å². The number of carbonyl (C=O) groups is 2. The van der Waals surface area contributed by atoms with Gasteiger partial charge in [-0.15, -0.1) is 0 Å². The Labute approximate surface area is 96.5 Å². The van der Waals surface area contributed by atoms with Gasteiger partial charge in [-0.25, -0.2) is 0 Å². The largest absolute Gasteiger partial charge is 0.328 e. The first-order valence-electron chi connectivity index (χ1n) is 5.71. The zero-order valence-electron chi connectivity index (χ0n) is 10.5. The summed E-state index contributed by atoms with van der Waals surface area (Å²) in [6.45, 7) is 7.63. The molecule has 0 saturated heterocycles. The quantitative estimate of drug-likeness (QED) is 0.730. The summed E-state index contributed by atoms with van der Waals surface area (Å²) in [5.41, 5.74) is 6.33. The molecule has 0 fully saturated rings. The van der Waals surface area contributed by atoms with Crippen LogP contribution in [0.25, 0.3) is 0 Å². The van der Waals surface area contributed by atoms with Crippen molar-refractivity contribution in [1.29, 1.82) is 0 Å². The van der Waals surface area contributed by atoms with Gasteiger partial charge in [-0.2, -0.15) is 0 Å². The molecule has 0 unspecified atom stereocenters. The maximum Gasteiger partial charge on any atom is 0.257 e. The lowest BCUT2D eigenvalue weighted by Crippen LogP contribution is -2.56. The van der Waals surface area contributed by atoms with E-state index in [-0.39, 0.29) is 11.8 Å². The fraction of sp³-hybridized carbons (Fsp3) is 0.667. The van der Waals surface area contributed by atoms with Crippen molar-refractivity contribution in [2.75, 3.05) is 6.54 Å². The predicted octanol–water partition coefficient (Wildman–Crippen LogP) is 1.21. The third kappa shape index (κ3) is 1.57. The molecule has 0 spiro atoms. The average molecular weight is 224 g/mol. The molecule has 4 heteroatoms. The molecule has 2 N–H and O–H groups in total. The maximum atomic E-state index is 12.0. The summed E-state index contributed by atoms with van der Waals surface area (Å²) < 4.78 is 0. The van der Waals surface area contributed by atoms with Crippen LogP contribution in [-0.2, 0) is 9.59 Å². The molecule has 0 aromatic rings. The zero-order valence-corrected chi connectivity index (χ0v) is 10.5. The number of carbonyl (C=O) groups excluding carboxylic acids is 2. The molecule has 0 bridgehead atoms. The second-order valence-electron chi connectivity index (χ2n) is 4.33. The van der Waals surface area contributed by atoms with Crippen LogP contribution in [0.3, 0.4) is 0 Å². The number of nitrogens with two attached hydrogens (primary N) is 1. The van der Waals surface area contributed by atoms with E-state index in [1.54, 1.807) is 13.8 Å². The van der Waals surface area contributed by atoms with E-state index in [1.807, 2.05) is 13.8 Å². The maximum absolute atomic E-state index is 12.0. The third-order valence-corrected chi connectivity index (χ3v) is 3.78. The molecule has 0 aromatic carbocycles. The first-order chi connectivity index (χ1) is 7.45. The SMILES string of the molecule is CCC(CC)(CN)N1C(=O)C(C)=C(C)C1=O. The second-order valence-corrected chi connectivity index (χ2v) is 4.33. The molecule has 0 atom stereocenters. The van der Waals surface area contributed by atoms with E-state index in [0.29, 0.717) is 30.5 Å². The van der Waals surface area contributed by atoms with Gasteiger partial charge in [-0.3, -0.25) is 14.5 Å². The molecule has 0 saturated carbocycles. The fourth-order valence-corrected chi connectivity index (χ4v) is 2.13. The van der Waals surface area contributed by atoms with Crippen LogP contribution in [0, 0.1) is 0 Å². The van der Waals surface area contributed by atoms with E-state index in [9.17, 15) is 9.59 Å². The van der Waals surface area contributed by atoms with E-state index in [1.165, 1.54) is 4.90 Å². The minimum absolute atomic E-state index is 0.184. The molecule has 1 aliphatic heterocycles. The van der Waals surface area contributed by atoms with Gasteiger partial charge in [0.2, 0.25) is 0 Å². The molecule has 0 aromatic heterocycles. The summed E-state index contributed by atoms with van der Waals surface area (Å²) >= 11 is 0. The molecule has 2 amide bonds. The highest BCUT2D eigenvalue weighted by Crippen LogP contribution is 2.31. The van der Waals surface area contributed by atoms with E-state index >= 15 is 0 Å². The molecule has 90 valence electrons. The minimum atomic E-state index is -0.521. The topological polar surface area (TPSA) is 63.4 Å². The van der Waals surface area contributed by atoms with Gasteiger partial charge in [0.1, 0.15) is 0 Å². The Balaban J connectivity index is 3.17. The number of hydrogen-bond donors (Lipinski definition) is 1. The summed E-state index contributed by atoms with van der Waals surface area (Å²) in [4.78, 5) is 25.4. The van der Waals surface area contributed by atoms with E-state index in [2.05, 4.69) is 0 Å². The van der Waals surface area contributed by atoms with Crippen LogP contribution in [0.4, 0.5) is 0 Å². The van der Waals surface area contributed by atoms with Gasteiger partial charge in [0, 0.05) is 17.7 Å². The van der Waals surface area contributed by atoms with Crippen LogP contribution in [-0.4, -0.2) is 28.8 Å². The predicted molar refractivity (Wildman–Crippen MR) is 62.6 cm³/mol. The summed E-state index contributed by atoms with van der Waals surface area (Å²) in [5, 5.41) is 0. The number of nitrogens with zero attached hydrogens (tertiary/aromatic N) is 1. The Morgan fingerprint density at radius 1 is 1.06 bits per heavy atom. The van der Waals surface area contributed by atoms with E-state index in [4.69, 9.17) is 5.73 Å². The molecular weight excluding hydrogens is 204 g/mol. The molecule has 1 rings (SSSR count). The van der Waals surface area contributed by atoms with Crippen molar-refractivity contribution < 1.29 is 9.59 Å². The lowest BCUT2D eigenvalue weighted by molar-refractivity contribution is -0.145. The first-order valence-corrected chi connectivity index (χ1v) is 5.71. The Kier molecular flexibility index (Phi) is 3.53. The standard InChI is InChI=1S/C12H20N2O2/c1-5-12(6-2,7-13)14-10(15)8(3)9(4)11(14)16/h5-7,13H2,1-4H3. The van der Waals surface area contributed by atoms with Crippen molar-refractivity contribution in [3.63, 3.8) is 0 Å². The monoisotopic (exact) mass is 224 g/mol. The van der Waals surface area contributed by atoms with Crippen molar-refractivity contribution in [3.05, 3.63) is 11.1 Å². The summed E-state index contributed by atoms with van der Waals surface area (Å²) in [5.74, 6) is -0.367. The van der Waals surface area contributed by atoms with Crippen LogP contribution >= 0.6 is 0 Å². The van der Waals surface area contributed by atoms with Crippen molar-refractivity contribution >= 4 is 11.8 Å². The normalized spacial score (nSPS) is 17.7. The van der Waals surface area contributed by atoms with Gasteiger partial charge in [-0.1, -0.05) is 13.8 Å². The summed E-state index contributed by atoms with van der Waals surface area (Å²) in [6.07, 6.45) is 1.38. The number of rotatable bonds is 4. The molecule has 0 aliphatic carbocycles. The molecule has 1 heterocycles. The lowest BCUT2D eigenvalue weighted by Gasteiger charge is -2.38. The van der Waals surface area contributed by atoms with Crippen molar-refractivity contribution in [1.82, 2.24) is 4.90 Å². The molecule has 1 aliphatic rings. The average Bonchev–Trinajstić information content (AvgIpc) is 2.49. The minimum Gasteiger partial charge on any atom is -0.328 e. The van der Waals surface area contributed by atoms with Crippen LogP contribution < -0.4 is 5.73 Å². The van der Waals surface area contributed by atoms with Crippen LogP contribution in [0.2, 0.25) is 0 Å². The smallest absolute Gasteiger partial charge is 0.257 e. The van der Waals surface area contributed by atoms with Crippen LogP contribution in [0.5, 0.6) is 0 Å². The van der Waals surface area contributed by atoms with Crippen LogP contribution in [0.1, 0.15) is 40.5 Å². The van der Waals surface area contributed by atoms with E-state index in [0.717, 1.165) is 0 Å². The third-order valence-electron chi connectivity index (χ3n) is 3.78. The number of imide groups is 1. The highest BCUT2D eigenvalue weighted by molar-refractivity contribution is 6.19. The van der Waals surface area contributed by atoms with Crippen molar-refractivity contribution in [2.45, 2.75) is 46.1 Å². The molecule has 4 nitrogen and oxygen atoms in total.